The van der Waals surface area contributed by atoms with Crippen molar-refractivity contribution < 1.29 is 9.53 Å². The van der Waals surface area contributed by atoms with Crippen molar-refractivity contribution in [3.8, 4) is 12.3 Å². The smallest absolute Gasteiger partial charge is 0.309 e. The van der Waals surface area contributed by atoms with Crippen LogP contribution in [0.2, 0.25) is 0 Å². The number of ether oxygens (including phenoxy) is 1. The Labute approximate surface area is 86.0 Å². The molecule has 78 valence electrons. The summed E-state index contributed by atoms with van der Waals surface area (Å²) in [6.07, 6.45) is 10.4. The van der Waals surface area contributed by atoms with Crippen molar-refractivity contribution in [3.05, 3.63) is 0 Å². The van der Waals surface area contributed by atoms with Gasteiger partial charge in [-0.25, -0.2) is 0 Å². The van der Waals surface area contributed by atoms with Gasteiger partial charge in [0, 0.05) is 0 Å². The molecule has 0 aromatic heterocycles. The highest BCUT2D eigenvalue weighted by molar-refractivity contribution is 5.72. The summed E-state index contributed by atoms with van der Waals surface area (Å²) in [7, 11) is 0. The molecule has 1 rings (SSSR count). The maximum Gasteiger partial charge on any atom is 0.309 e. The third-order valence-electron chi connectivity index (χ3n) is 2.69. The maximum atomic E-state index is 11.5. The fourth-order valence-electron chi connectivity index (χ4n) is 1.71. The van der Waals surface area contributed by atoms with Crippen LogP contribution in [-0.4, -0.2) is 11.6 Å². The van der Waals surface area contributed by atoms with Crippen molar-refractivity contribution in [2.45, 2.75) is 51.6 Å². The number of carbonyl (C=O) groups is 1. The van der Waals surface area contributed by atoms with Crippen molar-refractivity contribution >= 4 is 5.97 Å². The lowest BCUT2D eigenvalue weighted by atomic mass is 9.85. The molecule has 0 heterocycles. The Balaban J connectivity index is 2.62. The van der Waals surface area contributed by atoms with E-state index in [1.807, 2.05) is 13.8 Å². The fourth-order valence-corrected chi connectivity index (χ4v) is 1.71. The van der Waals surface area contributed by atoms with Gasteiger partial charge in [-0.05, 0) is 25.7 Å². The van der Waals surface area contributed by atoms with E-state index in [0.717, 1.165) is 25.7 Å². The molecule has 2 heteroatoms. The summed E-state index contributed by atoms with van der Waals surface area (Å²) in [6, 6.07) is 0. The molecule has 0 atom stereocenters. The van der Waals surface area contributed by atoms with E-state index in [4.69, 9.17) is 11.2 Å². The Morgan fingerprint density at radius 3 is 2.36 bits per heavy atom. The number of rotatable bonds is 2. The van der Waals surface area contributed by atoms with Crippen molar-refractivity contribution in [2.75, 3.05) is 0 Å². The first-order valence-corrected chi connectivity index (χ1v) is 5.30. The van der Waals surface area contributed by atoms with Gasteiger partial charge < -0.3 is 4.74 Å². The van der Waals surface area contributed by atoms with Gasteiger partial charge >= 0.3 is 5.97 Å². The molecular formula is C12H18O2. The first kappa shape index (κ1) is 11.1. The van der Waals surface area contributed by atoms with E-state index in [1.54, 1.807) is 0 Å². The zero-order chi connectivity index (χ0) is 10.6. The highest BCUT2D eigenvalue weighted by atomic mass is 16.6. The highest BCUT2D eigenvalue weighted by Crippen LogP contribution is 2.31. The quantitative estimate of drug-likeness (QED) is 0.498. The molecule has 0 aliphatic heterocycles. The van der Waals surface area contributed by atoms with Crippen LogP contribution in [-0.2, 0) is 9.53 Å². The molecule has 0 aromatic rings. The molecule has 0 N–H and O–H groups in total. The summed E-state index contributed by atoms with van der Waals surface area (Å²) in [6.45, 7) is 3.66. The molecular weight excluding hydrogens is 176 g/mol. The van der Waals surface area contributed by atoms with Gasteiger partial charge in [-0.15, -0.1) is 6.42 Å². The lowest BCUT2D eigenvalue weighted by Crippen LogP contribution is -2.37. The molecule has 0 saturated heterocycles. The zero-order valence-corrected chi connectivity index (χ0v) is 9.01. The zero-order valence-electron chi connectivity index (χ0n) is 9.01. The van der Waals surface area contributed by atoms with Crippen LogP contribution in [0.15, 0.2) is 0 Å². The predicted octanol–water partition coefficient (Wildman–Crippen LogP) is 2.52. The minimum Gasteiger partial charge on any atom is -0.446 e. The van der Waals surface area contributed by atoms with Gasteiger partial charge in [-0.2, -0.15) is 0 Å². The second kappa shape index (κ2) is 4.50. The molecule has 2 nitrogen and oxygen atoms in total. The van der Waals surface area contributed by atoms with Gasteiger partial charge in [-0.3, -0.25) is 4.79 Å². The average molecular weight is 194 g/mol. The standard InChI is InChI=1S/C12H18O2/c1-4-12(8-6-5-7-9-12)14-11(13)10(2)3/h1,10H,5-9H2,2-3H3. The second-order valence-corrected chi connectivity index (χ2v) is 4.28. The van der Waals surface area contributed by atoms with Crippen molar-refractivity contribution in [2.24, 2.45) is 5.92 Å². The lowest BCUT2D eigenvalue weighted by Gasteiger charge is -2.32. The van der Waals surface area contributed by atoms with Crippen LogP contribution in [0.5, 0.6) is 0 Å². The van der Waals surface area contributed by atoms with E-state index in [-0.39, 0.29) is 11.9 Å². The SMILES string of the molecule is C#CC1(OC(=O)C(C)C)CCCCC1. The summed E-state index contributed by atoms with van der Waals surface area (Å²) in [5.41, 5.74) is -0.598. The van der Waals surface area contributed by atoms with Crippen LogP contribution in [0.3, 0.4) is 0 Å². The number of esters is 1. The first-order chi connectivity index (χ1) is 6.59. The van der Waals surface area contributed by atoms with Gasteiger partial charge in [0.1, 0.15) is 0 Å². The molecule has 1 saturated carbocycles. The summed E-state index contributed by atoms with van der Waals surface area (Å²) >= 11 is 0. The van der Waals surface area contributed by atoms with Crippen molar-refractivity contribution in [1.82, 2.24) is 0 Å². The van der Waals surface area contributed by atoms with Gasteiger partial charge in [0.2, 0.25) is 0 Å². The van der Waals surface area contributed by atoms with E-state index < -0.39 is 5.60 Å². The molecule has 0 radical (unpaired) electrons. The van der Waals surface area contributed by atoms with Crippen LogP contribution in [0.25, 0.3) is 0 Å². The highest BCUT2D eigenvalue weighted by Gasteiger charge is 2.34. The minimum atomic E-state index is -0.598. The molecule has 0 spiro atoms. The summed E-state index contributed by atoms with van der Waals surface area (Å²) in [5, 5.41) is 0. The van der Waals surface area contributed by atoms with Crippen LogP contribution < -0.4 is 0 Å². The number of hydrogen-bond donors (Lipinski definition) is 0. The summed E-state index contributed by atoms with van der Waals surface area (Å²) in [5.74, 6) is 2.39. The topological polar surface area (TPSA) is 26.3 Å². The monoisotopic (exact) mass is 194 g/mol. The molecule has 0 amide bonds. The molecule has 0 unspecified atom stereocenters. The molecule has 1 aliphatic carbocycles. The molecule has 0 aromatic carbocycles. The van der Waals surface area contributed by atoms with Gasteiger partial charge in [-0.1, -0.05) is 26.2 Å². The second-order valence-electron chi connectivity index (χ2n) is 4.28. The minimum absolute atomic E-state index is 0.0952. The van der Waals surface area contributed by atoms with Crippen LogP contribution in [0, 0.1) is 18.3 Å². The maximum absolute atomic E-state index is 11.5. The van der Waals surface area contributed by atoms with E-state index in [0.29, 0.717) is 0 Å². The lowest BCUT2D eigenvalue weighted by molar-refractivity contribution is -0.160. The third kappa shape index (κ3) is 2.51. The summed E-state index contributed by atoms with van der Waals surface area (Å²) in [4.78, 5) is 11.5. The first-order valence-electron chi connectivity index (χ1n) is 5.30. The van der Waals surface area contributed by atoms with Crippen LogP contribution in [0.4, 0.5) is 0 Å². The summed E-state index contributed by atoms with van der Waals surface area (Å²) < 4.78 is 5.41. The van der Waals surface area contributed by atoms with Crippen molar-refractivity contribution in [3.63, 3.8) is 0 Å². The number of hydrogen-bond acceptors (Lipinski definition) is 2. The van der Waals surface area contributed by atoms with Crippen molar-refractivity contribution in [1.29, 1.82) is 0 Å². The number of carbonyl (C=O) groups excluding carboxylic acids is 1. The van der Waals surface area contributed by atoms with Crippen LogP contribution in [0.1, 0.15) is 46.0 Å². The van der Waals surface area contributed by atoms with Crippen LogP contribution >= 0.6 is 0 Å². The Bertz CT molecular complexity index is 242. The normalized spacial score (nSPS) is 20.1. The van der Waals surface area contributed by atoms with E-state index in [1.165, 1.54) is 6.42 Å². The Kier molecular flexibility index (Phi) is 3.57. The van der Waals surface area contributed by atoms with E-state index in [2.05, 4.69) is 5.92 Å². The molecule has 1 aliphatic rings. The molecule has 0 bridgehead atoms. The fraction of sp³-hybridized carbons (Fsp3) is 0.750. The van der Waals surface area contributed by atoms with Gasteiger partial charge in [0.05, 0.1) is 5.92 Å². The molecule has 14 heavy (non-hydrogen) atoms. The molecule has 1 fully saturated rings. The average Bonchev–Trinajstić information content (AvgIpc) is 2.19. The van der Waals surface area contributed by atoms with Gasteiger partial charge in [0.15, 0.2) is 5.60 Å². The van der Waals surface area contributed by atoms with E-state index in [9.17, 15) is 4.79 Å². The third-order valence-corrected chi connectivity index (χ3v) is 2.69. The Hall–Kier alpha value is -0.970. The number of terminal acetylenes is 1. The largest absolute Gasteiger partial charge is 0.446 e. The predicted molar refractivity (Wildman–Crippen MR) is 55.6 cm³/mol. The Morgan fingerprint density at radius 2 is 1.93 bits per heavy atom. The van der Waals surface area contributed by atoms with Gasteiger partial charge in [0.25, 0.3) is 0 Å². The Morgan fingerprint density at radius 1 is 1.36 bits per heavy atom. The van der Waals surface area contributed by atoms with E-state index >= 15 is 0 Å².